The minimum Gasteiger partial charge on any atom is -0.378 e. The van der Waals surface area contributed by atoms with Gasteiger partial charge in [-0.25, -0.2) is 15.0 Å². The number of morpholine rings is 1. The summed E-state index contributed by atoms with van der Waals surface area (Å²) in [5.74, 6) is 0.645. The number of carbonyl (C=O) groups is 1. The molecule has 0 N–H and O–H groups in total. The van der Waals surface area contributed by atoms with E-state index in [1.54, 1.807) is 12.4 Å². The standard InChI is InChI=1S/C20H24N6O3/c1-14-8-22-16(10-21-14)18(27)26-3-2-20(12-26)13-29-11-15-9-23-19(24-17(15)20)25-4-6-28-7-5-25/h8-10H,2-7,11-13H2,1H3/t20-/m1/s1. The van der Waals surface area contributed by atoms with E-state index < -0.39 is 0 Å². The molecule has 5 heterocycles. The van der Waals surface area contributed by atoms with Gasteiger partial charge in [0.2, 0.25) is 5.95 Å². The molecule has 0 radical (unpaired) electrons. The third-order valence-corrected chi connectivity index (χ3v) is 5.93. The third kappa shape index (κ3) is 3.34. The van der Waals surface area contributed by atoms with Crippen LogP contribution in [0.2, 0.25) is 0 Å². The van der Waals surface area contributed by atoms with Crippen molar-refractivity contribution in [3.63, 3.8) is 0 Å². The highest BCUT2D eigenvalue weighted by Gasteiger charge is 2.46. The second-order valence-electron chi connectivity index (χ2n) is 7.94. The van der Waals surface area contributed by atoms with E-state index in [0.717, 1.165) is 42.4 Å². The van der Waals surface area contributed by atoms with Crippen molar-refractivity contribution in [3.05, 3.63) is 41.2 Å². The molecule has 0 aliphatic carbocycles. The molecular formula is C20H24N6O3. The maximum absolute atomic E-state index is 12.9. The first-order valence-corrected chi connectivity index (χ1v) is 9.99. The van der Waals surface area contributed by atoms with Crippen molar-refractivity contribution in [2.75, 3.05) is 50.9 Å². The molecule has 2 aromatic rings. The minimum absolute atomic E-state index is 0.0936. The predicted octanol–water partition coefficient (Wildman–Crippen LogP) is 0.726. The predicted molar refractivity (Wildman–Crippen MR) is 104 cm³/mol. The highest BCUT2D eigenvalue weighted by Crippen LogP contribution is 2.39. The normalized spacial score (nSPS) is 24.0. The number of aromatic nitrogens is 4. The molecule has 0 aromatic carbocycles. The van der Waals surface area contributed by atoms with Gasteiger partial charge in [0.15, 0.2) is 0 Å². The second kappa shape index (κ2) is 7.31. The lowest BCUT2D eigenvalue weighted by Gasteiger charge is -2.35. The molecule has 152 valence electrons. The van der Waals surface area contributed by atoms with Gasteiger partial charge < -0.3 is 19.3 Å². The number of anilines is 1. The van der Waals surface area contributed by atoms with Crippen LogP contribution in [0, 0.1) is 6.92 Å². The summed E-state index contributed by atoms with van der Waals surface area (Å²) in [5.41, 5.74) is 2.90. The molecule has 1 spiro atoms. The van der Waals surface area contributed by atoms with E-state index in [9.17, 15) is 4.79 Å². The van der Waals surface area contributed by atoms with E-state index in [2.05, 4.69) is 19.9 Å². The number of amides is 1. The maximum Gasteiger partial charge on any atom is 0.274 e. The summed E-state index contributed by atoms with van der Waals surface area (Å²) in [6, 6.07) is 0. The van der Waals surface area contributed by atoms with Gasteiger partial charge in [-0.05, 0) is 13.3 Å². The van der Waals surface area contributed by atoms with Crippen LogP contribution in [0.15, 0.2) is 18.6 Å². The summed E-state index contributed by atoms with van der Waals surface area (Å²) in [4.78, 5) is 34.9. The summed E-state index contributed by atoms with van der Waals surface area (Å²) >= 11 is 0. The fraction of sp³-hybridized carbons (Fsp3) is 0.550. The van der Waals surface area contributed by atoms with Crippen LogP contribution >= 0.6 is 0 Å². The molecular weight excluding hydrogens is 372 g/mol. The van der Waals surface area contributed by atoms with Crippen molar-refractivity contribution in [2.45, 2.75) is 25.4 Å². The van der Waals surface area contributed by atoms with Gasteiger partial charge in [-0.15, -0.1) is 0 Å². The second-order valence-corrected chi connectivity index (χ2v) is 7.94. The first-order chi connectivity index (χ1) is 14.1. The van der Waals surface area contributed by atoms with Crippen molar-refractivity contribution in [1.29, 1.82) is 0 Å². The smallest absolute Gasteiger partial charge is 0.274 e. The van der Waals surface area contributed by atoms with Gasteiger partial charge >= 0.3 is 0 Å². The summed E-state index contributed by atoms with van der Waals surface area (Å²) < 4.78 is 11.3. The Hall–Kier alpha value is -2.65. The van der Waals surface area contributed by atoms with Crippen LogP contribution in [-0.4, -0.2) is 76.7 Å². The van der Waals surface area contributed by atoms with Crippen molar-refractivity contribution in [2.24, 2.45) is 0 Å². The van der Waals surface area contributed by atoms with Gasteiger partial charge in [0.05, 0.1) is 49.4 Å². The Morgan fingerprint density at radius 1 is 1.07 bits per heavy atom. The summed E-state index contributed by atoms with van der Waals surface area (Å²) in [6.07, 6.45) is 5.86. The van der Waals surface area contributed by atoms with Crippen molar-refractivity contribution < 1.29 is 14.3 Å². The fourth-order valence-electron chi connectivity index (χ4n) is 4.32. The zero-order chi connectivity index (χ0) is 19.8. The number of aryl methyl sites for hydroxylation is 1. The van der Waals surface area contributed by atoms with E-state index in [-0.39, 0.29) is 11.3 Å². The molecule has 1 amide bonds. The Morgan fingerprint density at radius 3 is 2.72 bits per heavy atom. The van der Waals surface area contributed by atoms with Gasteiger partial charge in [0.25, 0.3) is 5.91 Å². The molecule has 2 fully saturated rings. The molecule has 0 saturated carbocycles. The van der Waals surface area contributed by atoms with Crippen LogP contribution in [0.1, 0.15) is 33.9 Å². The number of carbonyl (C=O) groups excluding carboxylic acids is 1. The number of ether oxygens (including phenoxy) is 2. The van der Waals surface area contributed by atoms with E-state index in [4.69, 9.17) is 14.5 Å². The Bertz CT molecular complexity index is 915. The number of rotatable bonds is 2. The first kappa shape index (κ1) is 18.4. The lowest BCUT2D eigenvalue weighted by atomic mass is 9.80. The number of hydrogen-bond acceptors (Lipinski definition) is 8. The molecule has 2 aromatic heterocycles. The monoisotopic (exact) mass is 396 g/mol. The molecule has 3 aliphatic rings. The number of nitrogens with zero attached hydrogens (tertiary/aromatic N) is 6. The van der Waals surface area contributed by atoms with Crippen LogP contribution in [0.3, 0.4) is 0 Å². The molecule has 9 nitrogen and oxygen atoms in total. The molecule has 3 aliphatic heterocycles. The summed E-state index contributed by atoms with van der Waals surface area (Å²) in [6.45, 7) is 7.10. The summed E-state index contributed by atoms with van der Waals surface area (Å²) in [5, 5.41) is 0. The van der Waals surface area contributed by atoms with Crippen LogP contribution in [0.4, 0.5) is 5.95 Å². The first-order valence-electron chi connectivity index (χ1n) is 9.99. The highest BCUT2D eigenvalue weighted by atomic mass is 16.5. The topological polar surface area (TPSA) is 93.6 Å². The van der Waals surface area contributed by atoms with Crippen molar-refractivity contribution in [3.8, 4) is 0 Å². The number of fused-ring (bicyclic) bond motifs is 2. The van der Waals surface area contributed by atoms with Gasteiger partial charge in [-0.3, -0.25) is 9.78 Å². The van der Waals surface area contributed by atoms with Gasteiger partial charge in [0.1, 0.15) is 5.69 Å². The molecule has 1 atom stereocenters. The molecule has 5 rings (SSSR count). The van der Waals surface area contributed by atoms with E-state index in [0.29, 0.717) is 45.2 Å². The van der Waals surface area contributed by atoms with Gasteiger partial charge in [-0.2, -0.15) is 0 Å². The highest BCUT2D eigenvalue weighted by molar-refractivity contribution is 5.92. The van der Waals surface area contributed by atoms with Crippen molar-refractivity contribution in [1.82, 2.24) is 24.8 Å². The van der Waals surface area contributed by atoms with Crippen molar-refractivity contribution >= 4 is 11.9 Å². The lowest BCUT2D eigenvalue weighted by molar-refractivity contribution is 0.0482. The Balaban J connectivity index is 1.42. The van der Waals surface area contributed by atoms with Gasteiger partial charge in [0, 0.05) is 44.1 Å². The largest absolute Gasteiger partial charge is 0.378 e. The average molecular weight is 396 g/mol. The lowest BCUT2D eigenvalue weighted by Crippen LogP contribution is -2.43. The van der Waals surface area contributed by atoms with Gasteiger partial charge in [-0.1, -0.05) is 0 Å². The minimum atomic E-state index is -0.300. The summed E-state index contributed by atoms with van der Waals surface area (Å²) in [7, 11) is 0. The number of likely N-dealkylation sites (tertiary alicyclic amines) is 1. The fourth-order valence-corrected chi connectivity index (χ4v) is 4.32. The van der Waals surface area contributed by atoms with Crippen LogP contribution in [0.5, 0.6) is 0 Å². The quantitative estimate of drug-likeness (QED) is 0.733. The Kier molecular flexibility index (Phi) is 4.63. The molecule has 0 unspecified atom stereocenters. The van der Waals surface area contributed by atoms with E-state index >= 15 is 0 Å². The number of hydrogen-bond donors (Lipinski definition) is 0. The third-order valence-electron chi connectivity index (χ3n) is 5.93. The molecule has 0 bridgehead atoms. The molecule has 29 heavy (non-hydrogen) atoms. The Labute approximate surface area is 169 Å². The van der Waals surface area contributed by atoms with E-state index in [1.807, 2.05) is 18.0 Å². The SMILES string of the molecule is Cc1cnc(C(=O)N2CC[C@]3(COCc4cnc(N5CCOCC5)nc43)C2)cn1. The average Bonchev–Trinajstić information content (AvgIpc) is 3.19. The van der Waals surface area contributed by atoms with E-state index in [1.165, 1.54) is 0 Å². The molecule has 2 saturated heterocycles. The zero-order valence-corrected chi connectivity index (χ0v) is 16.5. The maximum atomic E-state index is 12.9. The molecule has 9 heteroatoms. The van der Waals surface area contributed by atoms with Crippen LogP contribution in [0.25, 0.3) is 0 Å². The zero-order valence-electron chi connectivity index (χ0n) is 16.5. The van der Waals surface area contributed by atoms with Crippen LogP contribution < -0.4 is 4.90 Å². The Morgan fingerprint density at radius 2 is 1.93 bits per heavy atom. The van der Waals surface area contributed by atoms with Crippen LogP contribution in [-0.2, 0) is 21.5 Å².